The minimum Gasteiger partial charge on any atom is -0.373 e. The predicted octanol–water partition coefficient (Wildman–Crippen LogP) is 2.75. The molecule has 2 aromatic rings. The quantitative estimate of drug-likeness (QED) is 0.879. The lowest BCUT2D eigenvalue weighted by Gasteiger charge is -2.13. The summed E-state index contributed by atoms with van der Waals surface area (Å²) in [5, 5.41) is 15.3. The van der Waals surface area contributed by atoms with E-state index in [4.69, 9.17) is 5.26 Å². The summed E-state index contributed by atoms with van der Waals surface area (Å²) in [6.45, 7) is 3.77. The lowest BCUT2D eigenvalue weighted by Crippen LogP contribution is -2.05. The Morgan fingerprint density at radius 1 is 1.11 bits per heavy atom. The van der Waals surface area contributed by atoms with Crippen LogP contribution < -0.4 is 10.6 Å². The van der Waals surface area contributed by atoms with Crippen molar-refractivity contribution in [1.29, 1.82) is 5.26 Å². The van der Waals surface area contributed by atoms with E-state index in [0.29, 0.717) is 17.2 Å². The maximum Gasteiger partial charge on any atom is 0.139 e. The average molecular weight is 253 g/mol. The first-order valence-electron chi connectivity index (χ1n) is 5.95. The second-order valence-electron chi connectivity index (χ2n) is 4.13. The van der Waals surface area contributed by atoms with E-state index in [9.17, 15) is 0 Å². The molecule has 0 spiro atoms. The van der Waals surface area contributed by atoms with E-state index in [-0.39, 0.29) is 0 Å². The highest BCUT2D eigenvalue weighted by Crippen LogP contribution is 2.24. The van der Waals surface area contributed by atoms with Gasteiger partial charge in [-0.3, -0.25) is 0 Å². The number of benzene rings is 1. The normalized spacial score (nSPS) is 9.79. The molecule has 0 aliphatic heterocycles. The van der Waals surface area contributed by atoms with E-state index in [1.165, 1.54) is 0 Å². The SMILES string of the molecule is CNc1nc(C)nc(Nc2ccccc2C#N)c1C. The first-order valence-corrected chi connectivity index (χ1v) is 5.95. The molecule has 96 valence electrons. The average Bonchev–Trinajstić information content (AvgIpc) is 2.43. The molecule has 19 heavy (non-hydrogen) atoms. The van der Waals surface area contributed by atoms with Gasteiger partial charge in [-0.1, -0.05) is 12.1 Å². The fourth-order valence-corrected chi connectivity index (χ4v) is 1.81. The largest absolute Gasteiger partial charge is 0.373 e. The summed E-state index contributed by atoms with van der Waals surface area (Å²) >= 11 is 0. The van der Waals surface area contributed by atoms with E-state index in [1.54, 1.807) is 6.07 Å². The molecular formula is C14H15N5. The van der Waals surface area contributed by atoms with E-state index < -0.39 is 0 Å². The van der Waals surface area contributed by atoms with E-state index in [2.05, 4.69) is 26.7 Å². The summed E-state index contributed by atoms with van der Waals surface area (Å²) in [4.78, 5) is 8.69. The van der Waals surface area contributed by atoms with Gasteiger partial charge < -0.3 is 10.6 Å². The monoisotopic (exact) mass is 253 g/mol. The van der Waals surface area contributed by atoms with Crippen molar-refractivity contribution in [2.45, 2.75) is 13.8 Å². The number of hydrogen-bond donors (Lipinski definition) is 2. The molecule has 2 rings (SSSR count). The van der Waals surface area contributed by atoms with Crippen molar-refractivity contribution in [1.82, 2.24) is 9.97 Å². The van der Waals surface area contributed by atoms with Crippen LogP contribution in [-0.2, 0) is 0 Å². The molecule has 0 radical (unpaired) electrons. The standard InChI is InChI=1S/C14H15N5/c1-9-13(16-3)17-10(2)18-14(9)19-12-7-5-4-6-11(12)8-15/h4-7H,1-3H3,(H2,16,17,18,19). The molecule has 0 aliphatic rings. The number of aryl methyl sites for hydroxylation is 1. The molecule has 0 fully saturated rings. The summed E-state index contributed by atoms with van der Waals surface area (Å²) in [7, 11) is 1.82. The van der Waals surface area contributed by atoms with Crippen LogP contribution in [0.5, 0.6) is 0 Å². The Labute approximate surface area is 112 Å². The van der Waals surface area contributed by atoms with Crippen molar-refractivity contribution in [2.75, 3.05) is 17.7 Å². The summed E-state index contributed by atoms with van der Waals surface area (Å²) in [5.74, 6) is 2.16. The summed E-state index contributed by atoms with van der Waals surface area (Å²) in [5.41, 5.74) is 2.25. The van der Waals surface area contributed by atoms with Gasteiger partial charge in [-0.05, 0) is 26.0 Å². The van der Waals surface area contributed by atoms with E-state index in [0.717, 1.165) is 17.1 Å². The topological polar surface area (TPSA) is 73.6 Å². The van der Waals surface area contributed by atoms with E-state index >= 15 is 0 Å². The molecular weight excluding hydrogens is 238 g/mol. The molecule has 0 saturated carbocycles. The number of anilines is 3. The number of para-hydroxylation sites is 1. The number of rotatable bonds is 3. The van der Waals surface area contributed by atoms with Gasteiger partial charge in [0.25, 0.3) is 0 Å². The van der Waals surface area contributed by atoms with Gasteiger partial charge in [-0.15, -0.1) is 0 Å². The first-order chi connectivity index (χ1) is 9.15. The molecule has 0 aliphatic carbocycles. The Balaban J connectivity index is 2.44. The highest BCUT2D eigenvalue weighted by atomic mass is 15.1. The number of nitrogens with one attached hydrogen (secondary N) is 2. The first kappa shape index (κ1) is 12.8. The smallest absolute Gasteiger partial charge is 0.139 e. The molecule has 1 aromatic heterocycles. The Morgan fingerprint density at radius 3 is 2.47 bits per heavy atom. The Bertz CT molecular complexity index is 643. The fourth-order valence-electron chi connectivity index (χ4n) is 1.81. The third-order valence-corrected chi connectivity index (χ3v) is 2.80. The van der Waals surface area contributed by atoms with Crippen LogP contribution in [0.4, 0.5) is 17.3 Å². The van der Waals surface area contributed by atoms with Crippen LogP contribution in [0, 0.1) is 25.2 Å². The van der Waals surface area contributed by atoms with Crippen molar-refractivity contribution in [3.05, 3.63) is 41.2 Å². The zero-order valence-corrected chi connectivity index (χ0v) is 11.2. The van der Waals surface area contributed by atoms with Gasteiger partial charge in [-0.2, -0.15) is 5.26 Å². The van der Waals surface area contributed by atoms with Crippen molar-refractivity contribution >= 4 is 17.3 Å². The van der Waals surface area contributed by atoms with Crippen LogP contribution in [0.2, 0.25) is 0 Å². The molecule has 2 N–H and O–H groups in total. The lowest BCUT2D eigenvalue weighted by atomic mass is 10.2. The fraction of sp³-hybridized carbons (Fsp3) is 0.214. The van der Waals surface area contributed by atoms with Crippen LogP contribution >= 0.6 is 0 Å². The third-order valence-electron chi connectivity index (χ3n) is 2.80. The number of aromatic nitrogens is 2. The van der Waals surface area contributed by atoms with Crippen LogP contribution in [0.1, 0.15) is 17.0 Å². The Kier molecular flexibility index (Phi) is 3.62. The number of nitrogens with zero attached hydrogens (tertiary/aromatic N) is 3. The van der Waals surface area contributed by atoms with Crippen molar-refractivity contribution in [2.24, 2.45) is 0 Å². The molecule has 0 atom stereocenters. The molecule has 1 aromatic carbocycles. The zero-order chi connectivity index (χ0) is 13.8. The second kappa shape index (κ2) is 5.36. The van der Waals surface area contributed by atoms with Gasteiger partial charge in [0.05, 0.1) is 11.3 Å². The predicted molar refractivity (Wildman–Crippen MR) is 75.5 cm³/mol. The van der Waals surface area contributed by atoms with Gasteiger partial charge in [-0.25, -0.2) is 9.97 Å². The van der Waals surface area contributed by atoms with Crippen molar-refractivity contribution < 1.29 is 0 Å². The van der Waals surface area contributed by atoms with Crippen LogP contribution in [0.25, 0.3) is 0 Å². The van der Waals surface area contributed by atoms with Gasteiger partial charge in [0.1, 0.15) is 23.5 Å². The highest BCUT2D eigenvalue weighted by Gasteiger charge is 2.09. The Morgan fingerprint density at radius 2 is 1.79 bits per heavy atom. The third kappa shape index (κ3) is 2.63. The van der Waals surface area contributed by atoms with Gasteiger partial charge in [0.15, 0.2) is 0 Å². The van der Waals surface area contributed by atoms with Gasteiger partial charge in [0, 0.05) is 12.6 Å². The maximum atomic E-state index is 9.09. The summed E-state index contributed by atoms with van der Waals surface area (Å²) in [6, 6.07) is 9.50. The Hall–Kier alpha value is -2.61. The van der Waals surface area contributed by atoms with Crippen LogP contribution in [-0.4, -0.2) is 17.0 Å². The molecule has 0 bridgehead atoms. The molecule has 5 nitrogen and oxygen atoms in total. The van der Waals surface area contributed by atoms with Crippen LogP contribution in [0.3, 0.4) is 0 Å². The van der Waals surface area contributed by atoms with E-state index in [1.807, 2.05) is 39.1 Å². The zero-order valence-electron chi connectivity index (χ0n) is 11.2. The van der Waals surface area contributed by atoms with Gasteiger partial charge in [0.2, 0.25) is 0 Å². The maximum absolute atomic E-state index is 9.09. The highest BCUT2D eigenvalue weighted by molar-refractivity contribution is 5.68. The van der Waals surface area contributed by atoms with Crippen LogP contribution in [0.15, 0.2) is 24.3 Å². The minimum atomic E-state index is 0.587. The second-order valence-corrected chi connectivity index (χ2v) is 4.13. The van der Waals surface area contributed by atoms with Crippen molar-refractivity contribution in [3.8, 4) is 6.07 Å². The molecule has 0 saturated heterocycles. The minimum absolute atomic E-state index is 0.587. The molecule has 5 heteroatoms. The molecule has 0 unspecified atom stereocenters. The summed E-state index contributed by atoms with van der Waals surface area (Å²) < 4.78 is 0. The number of nitriles is 1. The molecule has 1 heterocycles. The summed E-state index contributed by atoms with van der Waals surface area (Å²) in [6.07, 6.45) is 0. The molecule has 0 amide bonds. The van der Waals surface area contributed by atoms with Crippen molar-refractivity contribution in [3.63, 3.8) is 0 Å². The van der Waals surface area contributed by atoms with Gasteiger partial charge >= 0.3 is 0 Å². The lowest BCUT2D eigenvalue weighted by molar-refractivity contribution is 1.03. The number of hydrogen-bond acceptors (Lipinski definition) is 5.